The molecule has 1 aromatic carbocycles. The quantitative estimate of drug-likeness (QED) is 0.639. The summed E-state index contributed by atoms with van der Waals surface area (Å²) in [6.07, 6.45) is 3.52. The van der Waals surface area contributed by atoms with E-state index >= 15 is 0 Å². The van der Waals surface area contributed by atoms with Gasteiger partial charge in [0, 0.05) is 49.7 Å². The fourth-order valence-electron chi connectivity index (χ4n) is 3.32. The molecule has 144 valence electrons. The first kappa shape index (κ1) is 18.7. The second-order valence-corrected chi connectivity index (χ2v) is 6.96. The monoisotopic (exact) mass is 382 g/mol. The Kier molecular flexibility index (Phi) is 5.53. The van der Waals surface area contributed by atoms with E-state index < -0.39 is 0 Å². The molecule has 0 N–H and O–H groups in total. The van der Waals surface area contributed by atoms with Gasteiger partial charge in [0.1, 0.15) is 11.5 Å². The van der Waals surface area contributed by atoms with Crippen LogP contribution < -0.4 is 4.90 Å². The van der Waals surface area contributed by atoms with Gasteiger partial charge >= 0.3 is 0 Å². The van der Waals surface area contributed by atoms with Gasteiger partial charge in [0.25, 0.3) is 5.91 Å². The Bertz CT molecular complexity index is 1050. The van der Waals surface area contributed by atoms with E-state index in [9.17, 15) is 4.79 Å². The minimum absolute atomic E-state index is 0.0477. The van der Waals surface area contributed by atoms with Crippen LogP contribution in [-0.4, -0.2) is 47.0 Å². The number of nitrogens with zero attached hydrogens (tertiary/aromatic N) is 4. The first-order valence-corrected chi connectivity index (χ1v) is 9.70. The van der Waals surface area contributed by atoms with Gasteiger partial charge in [0.2, 0.25) is 0 Å². The highest BCUT2D eigenvalue weighted by Gasteiger charge is 2.23. The smallest absolute Gasteiger partial charge is 0.254 e. The zero-order valence-electron chi connectivity index (χ0n) is 16.4. The van der Waals surface area contributed by atoms with Crippen molar-refractivity contribution in [3.8, 4) is 11.8 Å². The summed E-state index contributed by atoms with van der Waals surface area (Å²) in [4.78, 5) is 25.8. The highest BCUT2D eigenvalue weighted by atomic mass is 16.2. The molecule has 3 aromatic rings. The number of aromatic nitrogens is 2. The van der Waals surface area contributed by atoms with Gasteiger partial charge in [0.05, 0.1) is 0 Å². The molecule has 0 saturated carbocycles. The third-order valence-electron chi connectivity index (χ3n) is 5.01. The molecule has 3 heterocycles. The van der Waals surface area contributed by atoms with Crippen molar-refractivity contribution in [1.29, 1.82) is 0 Å². The molecule has 1 aliphatic heterocycles. The largest absolute Gasteiger partial charge is 0.353 e. The van der Waals surface area contributed by atoms with E-state index in [2.05, 4.69) is 26.7 Å². The zero-order valence-corrected chi connectivity index (χ0v) is 16.4. The Morgan fingerprint density at radius 2 is 1.66 bits per heavy atom. The van der Waals surface area contributed by atoms with Crippen LogP contribution in [0.15, 0.2) is 67.0 Å². The number of hydrogen-bond donors (Lipinski definition) is 0. The van der Waals surface area contributed by atoms with Gasteiger partial charge in [0.15, 0.2) is 0 Å². The number of carbonyl (C=O) groups excluding carboxylic acids is 1. The van der Waals surface area contributed by atoms with Crippen molar-refractivity contribution in [3.63, 3.8) is 0 Å². The summed E-state index contributed by atoms with van der Waals surface area (Å²) in [6, 6.07) is 17.3. The van der Waals surface area contributed by atoms with Crippen LogP contribution in [0.2, 0.25) is 0 Å². The number of amides is 1. The standard InChI is InChI=1S/C24H22N4O/c1-19-8-9-21(18-20(19)10-11-22-6-2-4-12-25-22)24(29)28-16-14-27(15-17-28)23-7-3-5-13-26-23/h2-9,12-13,18H,14-17H2,1H3. The number of hydrogen-bond acceptors (Lipinski definition) is 4. The zero-order chi connectivity index (χ0) is 20.1. The van der Waals surface area contributed by atoms with Gasteiger partial charge in [-0.3, -0.25) is 4.79 Å². The van der Waals surface area contributed by atoms with E-state index in [1.165, 1.54) is 0 Å². The molecule has 4 rings (SSSR count). The van der Waals surface area contributed by atoms with Gasteiger partial charge in [-0.15, -0.1) is 0 Å². The summed E-state index contributed by atoms with van der Waals surface area (Å²) in [7, 11) is 0. The van der Waals surface area contributed by atoms with Crippen molar-refractivity contribution in [2.45, 2.75) is 6.92 Å². The average Bonchev–Trinajstić information content (AvgIpc) is 2.79. The van der Waals surface area contributed by atoms with Crippen LogP contribution in [0.1, 0.15) is 27.2 Å². The maximum atomic E-state index is 13.0. The molecule has 0 atom stereocenters. The van der Waals surface area contributed by atoms with Crippen LogP contribution in [0, 0.1) is 18.8 Å². The van der Waals surface area contributed by atoms with Crippen LogP contribution in [0.5, 0.6) is 0 Å². The Labute approximate surface area is 171 Å². The van der Waals surface area contributed by atoms with Crippen molar-refractivity contribution >= 4 is 11.7 Å². The molecule has 0 radical (unpaired) electrons. The fraction of sp³-hybridized carbons (Fsp3) is 0.208. The third kappa shape index (κ3) is 4.44. The van der Waals surface area contributed by atoms with Crippen LogP contribution in [0.25, 0.3) is 0 Å². The molecule has 1 aliphatic rings. The summed E-state index contributed by atoms with van der Waals surface area (Å²) in [5, 5.41) is 0. The van der Waals surface area contributed by atoms with E-state index in [0.717, 1.165) is 30.0 Å². The van der Waals surface area contributed by atoms with Gasteiger partial charge in [-0.05, 0) is 54.8 Å². The lowest BCUT2D eigenvalue weighted by Crippen LogP contribution is -2.49. The number of rotatable bonds is 2. The Morgan fingerprint density at radius 1 is 0.897 bits per heavy atom. The van der Waals surface area contributed by atoms with Gasteiger partial charge in [-0.1, -0.05) is 24.1 Å². The lowest BCUT2D eigenvalue weighted by molar-refractivity contribution is 0.0746. The Morgan fingerprint density at radius 3 is 2.34 bits per heavy atom. The molecule has 0 spiro atoms. The molecule has 5 heteroatoms. The van der Waals surface area contributed by atoms with E-state index in [4.69, 9.17) is 0 Å². The molecular formula is C24H22N4O. The van der Waals surface area contributed by atoms with Crippen molar-refractivity contribution < 1.29 is 4.79 Å². The minimum Gasteiger partial charge on any atom is -0.353 e. The van der Waals surface area contributed by atoms with E-state index in [-0.39, 0.29) is 5.91 Å². The highest BCUT2D eigenvalue weighted by Crippen LogP contribution is 2.16. The third-order valence-corrected chi connectivity index (χ3v) is 5.01. The number of anilines is 1. The first-order chi connectivity index (χ1) is 14.2. The average molecular weight is 382 g/mol. The van der Waals surface area contributed by atoms with Gasteiger partial charge in [-0.2, -0.15) is 0 Å². The second kappa shape index (κ2) is 8.57. The SMILES string of the molecule is Cc1ccc(C(=O)N2CCN(c3ccccn3)CC2)cc1C#Cc1ccccn1. The minimum atomic E-state index is 0.0477. The predicted molar refractivity (Wildman–Crippen MR) is 114 cm³/mol. The van der Waals surface area contributed by atoms with E-state index in [1.54, 1.807) is 12.4 Å². The Hall–Kier alpha value is -3.65. The summed E-state index contributed by atoms with van der Waals surface area (Å²) in [6.45, 7) is 4.92. The molecule has 1 fully saturated rings. The summed E-state index contributed by atoms with van der Waals surface area (Å²) >= 11 is 0. The van der Waals surface area contributed by atoms with E-state index in [0.29, 0.717) is 24.3 Å². The van der Waals surface area contributed by atoms with Crippen molar-refractivity contribution in [3.05, 3.63) is 89.4 Å². The van der Waals surface area contributed by atoms with E-state index in [1.807, 2.05) is 66.4 Å². The summed E-state index contributed by atoms with van der Waals surface area (Å²) < 4.78 is 0. The van der Waals surface area contributed by atoms with Crippen molar-refractivity contribution in [2.24, 2.45) is 0 Å². The van der Waals surface area contributed by atoms with Crippen molar-refractivity contribution in [1.82, 2.24) is 14.9 Å². The van der Waals surface area contributed by atoms with Crippen molar-refractivity contribution in [2.75, 3.05) is 31.1 Å². The summed E-state index contributed by atoms with van der Waals surface area (Å²) in [5.74, 6) is 7.24. The first-order valence-electron chi connectivity index (χ1n) is 9.70. The van der Waals surface area contributed by atoms with Crippen LogP contribution in [0.4, 0.5) is 5.82 Å². The predicted octanol–water partition coefficient (Wildman–Crippen LogP) is 3.15. The lowest BCUT2D eigenvalue weighted by atomic mass is 10.0. The van der Waals surface area contributed by atoms with Gasteiger partial charge < -0.3 is 9.80 Å². The Balaban J connectivity index is 1.46. The fourth-order valence-corrected chi connectivity index (χ4v) is 3.32. The maximum absolute atomic E-state index is 13.0. The second-order valence-electron chi connectivity index (χ2n) is 6.96. The van der Waals surface area contributed by atoms with Crippen LogP contribution in [0.3, 0.4) is 0 Å². The molecule has 1 amide bonds. The molecular weight excluding hydrogens is 360 g/mol. The molecule has 1 saturated heterocycles. The lowest BCUT2D eigenvalue weighted by Gasteiger charge is -2.35. The highest BCUT2D eigenvalue weighted by molar-refractivity contribution is 5.95. The summed E-state index contributed by atoms with van der Waals surface area (Å²) in [5.41, 5.74) is 3.29. The normalized spacial score (nSPS) is 13.6. The van der Waals surface area contributed by atoms with Crippen LogP contribution in [-0.2, 0) is 0 Å². The number of piperazine rings is 1. The van der Waals surface area contributed by atoms with Gasteiger partial charge in [-0.25, -0.2) is 9.97 Å². The molecule has 0 unspecified atom stereocenters. The molecule has 2 aromatic heterocycles. The maximum Gasteiger partial charge on any atom is 0.254 e. The number of pyridine rings is 2. The number of aryl methyl sites for hydroxylation is 1. The molecule has 29 heavy (non-hydrogen) atoms. The number of benzene rings is 1. The molecule has 0 aliphatic carbocycles. The molecule has 5 nitrogen and oxygen atoms in total. The topological polar surface area (TPSA) is 49.3 Å². The molecule has 0 bridgehead atoms. The number of carbonyl (C=O) groups is 1. The van der Waals surface area contributed by atoms with Crippen LogP contribution >= 0.6 is 0 Å².